The summed E-state index contributed by atoms with van der Waals surface area (Å²) in [5.74, 6) is 0. The monoisotopic (exact) mass is 403 g/mol. The summed E-state index contributed by atoms with van der Waals surface area (Å²) in [6.45, 7) is 8.62. The molecule has 1 aromatic carbocycles. The number of aryl methyl sites for hydroxylation is 1. The molecule has 1 N–H and O–H groups in total. The zero-order valence-electron chi connectivity index (χ0n) is 19.0. The van der Waals surface area contributed by atoms with Crippen LogP contribution in [0.5, 0.6) is 0 Å². The topological polar surface area (TPSA) is 49.8 Å². The van der Waals surface area contributed by atoms with Crippen LogP contribution in [0, 0.1) is 0 Å². The van der Waals surface area contributed by atoms with Crippen LogP contribution in [0.1, 0.15) is 103 Å². The number of aliphatic hydroxyl groups excluding tert-OH is 1. The lowest BCUT2D eigenvalue weighted by Crippen LogP contribution is -2.40. The highest BCUT2D eigenvalue weighted by Crippen LogP contribution is 2.29. The average Bonchev–Trinajstić information content (AvgIpc) is 3.12. The number of unbranched alkanes of at least 4 members (excludes halogenated alkanes) is 5. The molecule has 1 aliphatic heterocycles. The van der Waals surface area contributed by atoms with E-state index in [-0.39, 0.29) is 12.1 Å². The quantitative estimate of drug-likeness (QED) is 0.459. The van der Waals surface area contributed by atoms with Crippen LogP contribution in [0.15, 0.2) is 24.3 Å². The summed E-state index contributed by atoms with van der Waals surface area (Å²) in [4.78, 5) is 14.2. The minimum atomic E-state index is -0.550. The first-order valence-electron chi connectivity index (χ1n) is 11.6. The number of likely N-dealkylation sites (tertiary alicyclic amines) is 1. The maximum absolute atomic E-state index is 12.4. The van der Waals surface area contributed by atoms with Crippen molar-refractivity contribution in [2.24, 2.45) is 0 Å². The Balaban J connectivity index is 1.80. The van der Waals surface area contributed by atoms with Crippen molar-refractivity contribution in [3.05, 3.63) is 35.4 Å². The Bertz CT molecular complexity index is 605. The molecule has 1 heterocycles. The molecule has 0 spiro atoms. The third kappa shape index (κ3) is 8.38. The maximum atomic E-state index is 12.4. The van der Waals surface area contributed by atoms with Gasteiger partial charge >= 0.3 is 6.09 Å². The molecule has 1 aliphatic rings. The molecule has 0 saturated carbocycles. The summed E-state index contributed by atoms with van der Waals surface area (Å²) in [5.41, 5.74) is 1.79. The molecule has 0 radical (unpaired) electrons. The van der Waals surface area contributed by atoms with Gasteiger partial charge in [-0.1, -0.05) is 63.3 Å². The molecule has 2 atom stereocenters. The van der Waals surface area contributed by atoms with Crippen LogP contribution in [-0.2, 0) is 11.2 Å². The van der Waals surface area contributed by atoms with Gasteiger partial charge in [-0.2, -0.15) is 0 Å². The van der Waals surface area contributed by atoms with Gasteiger partial charge < -0.3 is 14.7 Å². The lowest BCUT2D eigenvalue weighted by molar-refractivity contribution is 0.0178. The molecule has 1 amide bonds. The van der Waals surface area contributed by atoms with Crippen LogP contribution in [0.4, 0.5) is 4.79 Å². The number of nitrogens with zero attached hydrogens (tertiary/aromatic N) is 1. The van der Waals surface area contributed by atoms with E-state index < -0.39 is 11.7 Å². The molecule has 1 fully saturated rings. The number of carbonyl (C=O) groups is 1. The largest absolute Gasteiger partial charge is 0.444 e. The predicted octanol–water partition coefficient (Wildman–Crippen LogP) is 6.41. The van der Waals surface area contributed by atoms with Gasteiger partial charge in [0.15, 0.2) is 0 Å². The zero-order chi connectivity index (χ0) is 21.3. The summed E-state index contributed by atoms with van der Waals surface area (Å²) in [6, 6.07) is 8.42. The van der Waals surface area contributed by atoms with Gasteiger partial charge in [0.05, 0.1) is 6.10 Å². The Hall–Kier alpha value is -1.55. The van der Waals surface area contributed by atoms with Gasteiger partial charge in [-0.3, -0.25) is 0 Å². The normalized spacial score (nSPS) is 18.1. The Kier molecular flexibility index (Phi) is 9.48. The summed E-state index contributed by atoms with van der Waals surface area (Å²) in [7, 11) is 0. The van der Waals surface area contributed by atoms with Crippen molar-refractivity contribution in [1.82, 2.24) is 4.90 Å². The van der Waals surface area contributed by atoms with Gasteiger partial charge in [-0.25, -0.2) is 4.79 Å². The smallest absolute Gasteiger partial charge is 0.410 e. The number of ether oxygens (including phenoxy) is 1. The summed E-state index contributed by atoms with van der Waals surface area (Å²) < 4.78 is 5.53. The Morgan fingerprint density at radius 3 is 2.45 bits per heavy atom. The van der Waals surface area contributed by atoms with Gasteiger partial charge in [-0.15, -0.1) is 0 Å². The highest BCUT2D eigenvalue weighted by molar-refractivity contribution is 5.69. The SMILES string of the molecule is CCCCCCCCc1ccc(C(O)C[C@@H]2CCCN2C(=O)OC(C)(C)C)cc1. The first kappa shape index (κ1) is 23.7. The lowest BCUT2D eigenvalue weighted by atomic mass is 9.98. The first-order valence-corrected chi connectivity index (χ1v) is 11.6. The van der Waals surface area contributed by atoms with Crippen molar-refractivity contribution >= 4 is 6.09 Å². The first-order chi connectivity index (χ1) is 13.8. The third-order valence-corrected chi connectivity index (χ3v) is 5.68. The van der Waals surface area contributed by atoms with E-state index in [0.29, 0.717) is 13.0 Å². The second-order valence-corrected chi connectivity index (χ2v) is 9.48. The number of amides is 1. The molecule has 164 valence electrons. The fourth-order valence-electron chi connectivity index (χ4n) is 4.05. The molecule has 4 heteroatoms. The van der Waals surface area contributed by atoms with Crippen LogP contribution in [0.2, 0.25) is 0 Å². The predicted molar refractivity (Wildman–Crippen MR) is 119 cm³/mol. The van der Waals surface area contributed by atoms with E-state index in [9.17, 15) is 9.90 Å². The Morgan fingerprint density at radius 1 is 1.14 bits per heavy atom. The third-order valence-electron chi connectivity index (χ3n) is 5.68. The van der Waals surface area contributed by atoms with E-state index >= 15 is 0 Å². The molecule has 1 unspecified atom stereocenters. The number of rotatable bonds is 10. The molecule has 0 bridgehead atoms. The van der Waals surface area contributed by atoms with E-state index in [1.807, 2.05) is 32.9 Å². The molecule has 0 aromatic heterocycles. The molecule has 29 heavy (non-hydrogen) atoms. The van der Waals surface area contributed by atoms with Gasteiger partial charge in [0.2, 0.25) is 0 Å². The molecule has 2 rings (SSSR count). The number of aliphatic hydroxyl groups is 1. The number of benzene rings is 1. The van der Waals surface area contributed by atoms with E-state index in [2.05, 4.69) is 19.1 Å². The molecule has 0 aliphatic carbocycles. The van der Waals surface area contributed by atoms with Crippen molar-refractivity contribution in [3.8, 4) is 0 Å². The van der Waals surface area contributed by atoms with Gasteiger partial charge in [0.25, 0.3) is 0 Å². The highest BCUT2D eigenvalue weighted by atomic mass is 16.6. The average molecular weight is 404 g/mol. The number of hydrogen-bond donors (Lipinski definition) is 1. The minimum Gasteiger partial charge on any atom is -0.444 e. The highest BCUT2D eigenvalue weighted by Gasteiger charge is 2.33. The maximum Gasteiger partial charge on any atom is 0.410 e. The minimum absolute atomic E-state index is 0.0441. The van der Waals surface area contributed by atoms with Crippen LogP contribution in [-0.4, -0.2) is 34.3 Å². The standard InChI is InChI=1S/C25H41NO3/c1-5-6-7-8-9-10-12-20-14-16-21(17-15-20)23(27)19-22-13-11-18-26(22)24(28)29-25(2,3)4/h14-17,22-23,27H,5-13,18-19H2,1-4H3/t22-,23?/m0/s1. The second-order valence-electron chi connectivity index (χ2n) is 9.48. The van der Waals surface area contributed by atoms with E-state index in [0.717, 1.165) is 24.8 Å². The van der Waals surface area contributed by atoms with Gasteiger partial charge in [-0.05, 0) is 64.0 Å². The fraction of sp³-hybridized carbons (Fsp3) is 0.720. The molecule has 1 aromatic rings. The Labute approximate surface area is 177 Å². The van der Waals surface area contributed by atoms with Crippen LogP contribution in [0.25, 0.3) is 0 Å². The van der Waals surface area contributed by atoms with E-state index in [1.54, 1.807) is 4.90 Å². The van der Waals surface area contributed by atoms with Crippen LogP contribution in [0.3, 0.4) is 0 Å². The van der Waals surface area contributed by atoms with Crippen molar-refractivity contribution in [3.63, 3.8) is 0 Å². The molecule has 1 saturated heterocycles. The fourth-order valence-corrected chi connectivity index (χ4v) is 4.05. The summed E-state index contributed by atoms with van der Waals surface area (Å²) in [5, 5.41) is 10.7. The van der Waals surface area contributed by atoms with Crippen molar-refractivity contribution in [2.75, 3.05) is 6.54 Å². The van der Waals surface area contributed by atoms with Crippen molar-refractivity contribution in [2.45, 2.75) is 110 Å². The van der Waals surface area contributed by atoms with Crippen LogP contribution < -0.4 is 0 Å². The summed E-state index contributed by atoms with van der Waals surface area (Å²) >= 11 is 0. The van der Waals surface area contributed by atoms with Gasteiger partial charge in [0.1, 0.15) is 5.60 Å². The van der Waals surface area contributed by atoms with E-state index in [4.69, 9.17) is 4.74 Å². The number of hydrogen-bond acceptors (Lipinski definition) is 3. The summed E-state index contributed by atoms with van der Waals surface area (Å²) in [6.07, 6.45) is 10.6. The molecular weight excluding hydrogens is 362 g/mol. The molecule has 4 nitrogen and oxygen atoms in total. The van der Waals surface area contributed by atoms with E-state index in [1.165, 1.54) is 44.1 Å². The zero-order valence-corrected chi connectivity index (χ0v) is 19.0. The van der Waals surface area contributed by atoms with Crippen LogP contribution >= 0.6 is 0 Å². The lowest BCUT2D eigenvalue weighted by Gasteiger charge is -2.29. The second kappa shape index (κ2) is 11.6. The molecular formula is C25H41NO3. The van der Waals surface area contributed by atoms with Crippen molar-refractivity contribution < 1.29 is 14.6 Å². The van der Waals surface area contributed by atoms with Crippen molar-refractivity contribution in [1.29, 1.82) is 0 Å². The Morgan fingerprint density at radius 2 is 1.79 bits per heavy atom. The number of carbonyl (C=O) groups excluding carboxylic acids is 1. The van der Waals surface area contributed by atoms with Gasteiger partial charge in [0, 0.05) is 12.6 Å².